The van der Waals surface area contributed by atoms with Crippen LogP contribution in [0.25, 0.3) is 0 Å². The maximum absolute atomic E-state index is 5.33. The molecule has 2 rings (SSSR count). The first-order valence-electron chi connectivity index (χ1n) is 6.12. The van der Waals surface area contributed by atoms with E-state index >= 15 is 0 Å². The fourth-order valence-electron chi connectivity index (χ4n) is 1.97. The van der Waals surface area contributed by atoms with Gasteiger partial charge < -0.3 is 14.8 Å². The van der Waals surface area contributed by atoms with Crippen molar-refractivity contribution in [2.24, 2.45) is 0 Å². The number of aryl methyl sites for hydroxylation is 2. The van der Waals surface area contributed by atoms with Gasteiger partial charge in [-0.15, -0.1) is 0 Å². The van der Waals surface area contributed by atoms with Crippen molar-refractivity contribution in [3.05, 3.63) is 35.2 Å². The van der Waals surface area contributed by atoms with Crippen molar-refractivity contribution in [2.75, 3.05) is 19.5 Å². The molecular formula is C14H19N3O2. The minimum Gasteiger partial charge on any atom is -0.497 e. The van der Waals surface area contributed by atoms with Crippen molar-refractivity contribution in [1.29, 1.82) is 0 Å². The van der Waals surface area contributed by atoms with Crippen molar-refractivity contribution in [1.82, 2.24) is 10.2 Å². The number of aromatic amines is 1. The van der Waals surface area contributed by atoms with E-state index in [0.29, 0.717) is 6.54 Å². The summed E-state index contributed by atoms with van der Waals surface area (Å²) >= 11 is 0. The normalized spacial score (nSPS) is 10.3. The summed E-state index contributed by atoms with van der Waals surface area (Å²) in [5, 5.41) is 10.5. The summed E-state index contributed by atoms with van der Waals surface area (Å²) in [6, 6.07) is 5.68. The van der Waals surface area contributed by atoms with Crippen molar-refractivity contribution in [3.63, 3.8) is 0 Å². The largest absolute Gasteiger partial charge is 0.497 e. The van der Waals surface area contributed by atoms with Gasteiger partial charge in [0.15, 0.2) is 0 Å². The van der Waals surface area contributed by atoms with E-state index in [-0.39, 0.29) is 0 Å². The number of H-pyrrole nitrogens is 1. The zero-order valence-corrected chi connectivity index (χ0v) is 11.7. The summed E-state index contributed by atoms with van der Waals surface area (Å²) in [7, 11) is 3.30. The fraction of sp³-hybridized carbons (Fsp3) is 0.357. The molecule has 0 unspecified atom stereocenters. The number of nitrogens with one attached hydrogen (secondary N) is 2. The molecule has 2 N–H and O–H groups in total. The van der Waals surface area contributed by atoms with Crippen molar-refractivity contribution < 1.29 is 9.47 Å². The molecule has 102 valence electrons. The maximum Gasteiger partial charge on any atom is 0.142 e. The van der Waals surface area contributed by atoms with Gasteiger partial charge in [0.2, 0.25) is 0 Å². The third kappa shape index (κ3) is 2.81. The van der Waals surface area contributed by atoms with Gasteiger partial charge in [-0.2, -0.15) is 5.10 Å². The van der Waals surface area contributed by atoms with Crippen LogP contribution in [-0.4, -0.2) is 24.4 Å². The number of hydrogen-bond acceptors (Lipinski definition) is 4. The van der Waals surface area contributed by atoms with E-state index in [1.807, 2.05) is 32.0 Å². The molecule has 1 aromatic carbocycles. The number of benzene rings is 1. The van der Waals surface area contributed by atoms with E-state index in [9.17, 15) is 0 Å². The molecule has 0 radical (unpaired) electrons. The molecule has 0 saturated heterocycles. The Kier molecular flexibility index (Phi) is 3.94. The van der Waals surface area contributed by atoms with Crippen LogP contribution in [0.3, 0.4) is 0 Å². The molecule has 0 bridgehead atoms. The highest BCUT2D eigenvalue weighted by molar-refractivity contribution is 5.60. The average molecular weight is 261 g/mol. The highest BCUT2D eigenvalue weighted by atomic mass is 16.5. The second-order valence-corrected chi connectivity index (χ2v) is 4.33. The van der Waals surface area contributed by atoms with Crippen LogP contribution in [0, 0.1) is 13.8 Å². The Hall–Kier alpha value is -2.17. The Balaban J connectivity index is 2.18. The lowest BCUT2D eigenvalue weighted by Gasteiger charge is -2.12. The molecule has 2 aromatic rings. The van der Waals surface area contributed by atoms with Crippen LogP contribution in [0.2, 0.25) is 0 Å². The number of rotatable bonds is 5. The second-order valence-electron chi connectivity index (χ2n) is 4.33. The van der Waals surface area contributed by atoms with E-state index in [1.54, 1.807) is 14.2 Å². The summed E-state index contributed by atoms with van der Waals surface area (Å²) in [5.74, 6) is 1.59. The highest BCUT2D eigenvalue weighted by Gasteiger charge is 2.09. The Labute approximate surface area is 112 Å². The summed E-state index contributed by atoms with van der Waals surface area (Å²) < 4.78 is 10.6. The van der Waals surface area contributed by atoms with Crippen LogP contribution < -0.4 is 14.8 Å². The standard InChI is InChI=1S/C14H19N3O2/c1-9-12(10(2)17-16-9)8-15-13-7-11(18-3)5-6-14(13)19-4/h5-7,15H,8H2,1-4H3,(H,16,17). The van der Waals surface area contributed by atoms with E-state index in [2.05, 4.69) is 15.5 Å². The summed E-state index contributed by atoms with van der Waals surface area (Å²) in [4.78, 5) is 0. The van der Waals surface area contributed by atoms with Gasteiger partial charge in [0.1, 0.15) is 11.5 Å². The van der Waals surface area contributed by atoms with Gasteiger partial charge in [0, 0.05) is 23.9 Å². The quantitative estimate of drug-likeness (QED) is 0.868. The molecule has 0 aliphatic rings. The minimum atomic E-state index is 0.692. The molecule has 5 nitrogen and oxygen atoms in total. The number of hydrogen-bond donors (Lipinski definition) is 2. The fourth-order valence-corrected chi connectivity index (χ4v) is 1.97. The first-order chi connectivity index (χ1) is 9.15. The minimum absolute atomic E-state index is 0.692. The zero-order chi connectivity index (χ0) is 13.8. The van der Waals surface area contributed by atoms with Gasteiger partial charge in [-0.05, 0) is 26.0 Å². The molecule has 0 atom stereocenters. The average Bonchev–Trinajstić information content (AvgIpc) is 2.75. The predicted octanol–water partition coefficient (Wildman–Crippen LogP) is 2.66. The Morgan fingerprint density at radius 1 is 1.21 bits per heavy atom. The van der Waals surface area contributed by atoms with Gasteiger partial charge in [-0.3, -0.25) is 5.10 Å². The molecule has 0 aliphatic heterocycles. The van der Waals surface area contributed by atoms with Crippen LogP contribution in [0.4, 0.5) is 5.69 Å². The molecule has 0 spiro atoms. The number of methoxy groups -OCH3 is 2. The summed E-state index contributed by atoms with van der Waals surface area (Å²) in [5.41, 5.74) is 4.16. The van der Waals surface area contributed by atoms with Gasteiger partial charge in [-0.25, -0.2) is 0 Å². The molecule has 0 saturated carbocycles. The van der Waals surface area contributed by atoms with E-state index in [0.717, 1.165) is 28.6 Å². The first-order valence-corrected chi connectivity index (χ1v) is 6.12. The maximum atomic E-state index is 5.33. The van der Waals surface area contributed by atoms with E-state index < -0.39 is 0 Å². The van der Waals surface area contributed by atoms with Crippen molar-refractivity contribution in [2.45, 2.75) is 20.4 Å². The lowest BCUT2D eigenvalue weighted by Crippen LogP contribution is -2.03. The number of aromatic nitrogens is 2. The van der Waals surface area contributed by atoms with Crippen LogP contribution in [0.1, 0.15) is 17.0 Å². The lowest BCUT2D eigenvalue weighted by molar-refractivity contribution is 0.404. The molecule has 0 amide bonds. The second kappa shape index (κ2) is 5.65. The molecule has 5 heteroatoms. The first kappa shape index (κ1) is 13.3. The topological polar surface area (TPSA) is 59.2 Å². The van der Waals surface area contributed by atoms with Crippen molar-refractivity contribution in [3.8, 4) is 11.5 Å². The monoisotopic (exact) mass is 261 g/mol. The molecule has 1 heterocycles. The molecule has 0 fully saturated rings. The van der Waals surface area contributed by atoms with Gasteiger partial charge >= 0.3 is 0 Å². The molecular weight excluding hydrogens is 242 g/mol. The molecule has 0 aliphatic carbocycles. The SMILES string of the molecule is COc1ccc(OC)c(NCc2c(C)n[nH]c2C)c1. The molecule has 19 heavy (non-hydrogen) atoms. The Morgan fingerprint density at radius 3 is 2.58 bits per heavy atom. The zero-order valence-electron chi connectivity index (χ0n) is 11.7. The van der Waals surface area contributed by atoms with Gasteiger partial charge in [0.25, 0.3) is 0 Å². The number of nitrogens with zero attached hydrogens (tertiary/aromatic N) is 1. The van der Waals surface area contributed by atoms with E-state index in [4.69, 9.17) is 9.47 Å². The smallest absolute Gasteiger partial charge is 0.142 e. The van der Waals surface area contributed by atoms with Gasteiger partial charge in [-0.1, -0.05) is 0 Å². The van der Waals surface area contributed by atoms with Gasteiger partial charge in [0.05, 0.1) is 25.6 Å². The summed E-state index contributed by atoms with van der Waals surface area (Å²) in [6.07, 6.45) is 0. The molecule has 1 aromatic heterocycles. The predicted molar refractivity (Wildman–Crippen MR) is 74.9 cm³/mol. The third-order valence-electron chi connectivity index (χ3n) is 3.14. The Morgan fingerprint density at radius 2 is 2.00 bits per heavy atom. The lowest BCUT2D eigenvalue weighted by atomic mass is 10.2. The number of anilines is 1. The van der Waals surface area contributed by atoms with Crippen LogP contribution in [0.5, 0.6) is 11.5 Å². The van der Waals surface area contributed by atoms with Crippen LogP contribution in [-0.2, 0) is 6.54 Å². The van der Waals surface area contributed by atoms with Crippen LogP contribution >= 0.6 is 0 Å². The van der Waals surface area contributed by atoms with Crippen molar-refractivity contribution >= 4 is 5.69 Å². The summed E-state index contributed by atoms with van der Waals surface area (Å²) in [6.45, 7) is 4.70. The van der Waals surface area contributed by atoms with Crippen LogP contribution in [0.15, 0.2) is 18.2 Å². The number of ether oxygens (including phenoxy) is 2. The third-order valence-corrected chi connectivity index (χ3v) is 3.14. The highest BCUT2D eigenvalue weighted by Crippen LogP contribution is 2.29. The van der Waals surface area contributed by atoms with E-state index in [1.165, 1.54) is 5.56 Å². The Bertz CT molecular complexity index is 544.